The van der Waals surface area contributed by atoms with E-state index in [1.165, 1.54) is 0 Å². The zero-order valence-electron chi connectivity index (χ0n) is 11.2. The minimum absolute atomic E-state index is 0.112. The number of halogens is 1. The monoisotopic (exact) mass is 290 g/mol. The van der Waals surface area contributed by atoms with Gasteiger partial charge in [-0.1, -0.05) is 6.07 Å². The number of carbonyl (C=O) groups excluding carboxylic acids is 1. The van der Waals surface area contributed by atoms with Crippen molar-refractivity contribution in [2.45, 2.75) is 19.4 Å². The number of carbonyl (C=O) groups is 1. The van der Waals surface area contributed by atoms with Crippen LogP contribution in [0.25, 0.3) is 0 Å². The van der Waals surface area contributed by atoms with Crippen LogP contribution in [-0.2, 0) is 31.2 Å². The second-order valence-electron chi connectivity index (χ2n) is 4.94. The maximum Gasteiger partial charge on any atom is 0.227 e. The molecule has 20 heavy (non-hydrogen) atoms. The fourth-order valence-corrected chi connectivity index (χ4v) is 2.66. The fraction of sp³-hybridized carbons (Fsp3) is 0.357. The summed E-state index contributed by atoms with van der Waals surface area (Å²) in [5, 5.41) is 0.483. The molecule has 2 aromatic heterocycles. The van der Waals surface area contributed by atoms with Crippen LogP contribution in [0.3, 0.4) is 0 Å². The van der Waals surface area contributed by atoms with Crippen molar-refractivity contribution in [3.8, 4) is 0 Å². The van der Waals surface area contributed by atoms with Crippen LogP contribution in [0.15, 0.2) is 24.5 Å². The van der Waals surface area contributed by atoms with Gasteiger partial charge in [0, 0.05) is 32.4 Å². The summed E-state index contributed by atoms with van der Waals surface area (Å²) in [7, 11) is 1.88. The molecule has 0 radical (unpaired) electrons. The van der Waals surface area contributed by atoms with E-state index in [1.807, 2.05) is 28.6 Å². The van der Waals surface area contributed by atoms with Crippen LogP contribution in [0.5, 0.6) is 0 Å². The highest BCUT2D eigenvalue weighted by Crippen LogP contribution is 2.22. The average molecular weight is 291 g/mol. The van der Waals surface area contributed by atoms with Crippen LogP contribution in [0.4, 0.5) is 0 Å². The lowest BCUT2D eigenvalue weighted by molar-refractivity contribution is -0.131. The second kappa shape index (κ2) is 5.25. The van der Waals surface area contributed by atoms with Gasteiger partial charge in [-0.3, -0.25) is 9.78 Å². The third-order valence-electron chi connectivity index (χ3n) is 3.63. The molecule has 0 aromatic carbocycles. The number of pyridine rings is 1. The number of hydrogen-bond donors (Lipinski definition) is 0. The molecule has 3 rings (SSSR count). The number of fused-ring (bicyclic) bond motifs is 1. The smallest absolute Gasteiger partial charge is 0.227 e. The van der Waals surface area contributed by atoms with Crippen LogP contribution in [-0.4, -0.2) is 31.9 Å². The molecule has 104 valence electrons. The highest BCUT2D eigenvalue weighted by atomic mass is 35.5. The first kappa shape index (κ1) is 13.1. The van der Waals surface area contributed by atoms with E-state index in [4.69, 9.17) is 11.6 Å². The summed E-state index contributed by atoms with van der Waals surface area (Å²) in [5.41, 5.74) is 2.97. The van der Waals surface area contributed by atoms with E-state index in [0.717, 1.165) is 23.4 Å². The largest absolute Gasteiger partial charge is 0.336 e. The first-order valence-corrected chi connectivity index (χ1v) is 6.89. The molecule has 2 aromatic rings. The second-order valence-corrected chi connectivity index (χ2v) is 5.27. The summed E-state index contributed by atoms with van der Waals surface area (Å²) >= 11 is 6.02. The molecule has 0 saturated heterocycles. The molecule has 0 bridgehead atoms. The third kappa shape index (κ3) is 2.41. The maximum absolute atomic E-state index is 12.3. The van der Waals surface area contributed by atoms with Gasteiger partial charge >= 0.3 is 0 Å². The molecule has 6 heteroatoms. The highest BCUT2D eigenvalue weighted by Gasteiger charge is 2.25. The first-order chi connectivity index (χ1) is 9.65. The Morgan fingerprint density at radius 3 is 3.10 bits per heavy atom. The van der Waals surface area contributed by atoms with Gasteiger partial charge in [-0.2, -0.15) is 0 Å². The van der Waals surface area contributed by atoms with Gasteiger partial charge in [-0.15, -0.1) is 0 Å². The van der Waals surface area contributed by atoms with Gasteiger partial charge in [-0.25, -0.2) is 4.98 Å². The van der Waals surface area contributed by atoms with Crippen molar-refractivity contribution >= 4 is 17.5 Å². The maximum atomic E-state index is 12.3. The number of hydrogen-bond acceptors (Lipinski definition) is 3. The van der Waals surface area contributed by atoms with E-state index >= 15 is 0 Å². The van der Waals surface area contributed by atoms with E-state index in [2.05, 4.69) is 9.97 Å². The number of nitrogens with zero attached hydrogens (tertiary/aromatic N) is 4. The Bertz CT molecular complexity index is 638. The van der Waals surface area contributed by atoms with E-state index in [1.54, 1.807) is 12.4 Å². The molecule has 1 aliphatic rings. The fourth-order valence-electron chi connectivity index (χ4n) is 2.46. The van der Waals surface area contributed by atoms with Crippen molar-refractivity contribution in [1.82, 2.24) is 19.4 Å². The molecule has 0 saturated carbocycles. The quantitative estimate of drug-likeness (QED) is 0.844. The first-order valence-electron chi connectivity index (χ1n) is 6.52. The van der Waals surface area contributed by atoms with Crippen molar-refractivity contribution in [3.63, 3.8) is 0 Å². The van der Waals surface area contributed by atoms with Crippen molar-refractivity contribution in [1.29, 1.82) is 0 Å². The molecule has 1 aliphatic heterocycles. The summed E-state index contributed by atoms with van der Waals surface area (Å²) in [4.78, 5) is 22.5. The molecule has 0 N–H and O–H groups in total. The Morgan fingerprint density at radius 1 is 1.50 bits per heavy atom. The standard InChI is InChI=1S/C14H15ClN4O/c1-18-12-9-19(6-4-11(12)17-14(18)15)13(20)7-10-3-2-5-16-8-10/h2-3,5,8H,4,6-7,9H2,1H3. The van der Waals surface area contributed by atoms with E-state index in [0.29, 0.717) is 24.8 Å². The predicted molar refractivity (Wildman–Crippen MR) is 75.3 cm³/mol. The Hall–Kier alpha value is -1.88. The molecule has 0 unspecified atom stereocenters. The molecular formula is C14H15ClN4O. The van der Waals surface area contributed by atoms with Gasteiger partial charge in [0.15, 0.2) is 0 Å². The highest BCUT2D eigenvalue weighted by molar-refractivity contribution is 6.28. The average Bonchev–Trinajstić information content (AvgIpc) is 2.75. The number of imidazole rings is 1. The normalized spacial score (nSPS) is 14.2. The Labute approximate surface area is 122 Å². The van der Waals surface area contributed by atoms with Gasteiger partial charge in [0.1, 0.15) is 0 Å². The molecule has 0 fully saturated rings. The Morgan fingerprint density at radius 2 is 2.35 bits per heavy atom. The van der Waals surface area contributed by atoms with Gasteiger partial charge in [0.2, 0.25) is 11.2 Å². The third-order valence-corrected chi connectivity index (χ3v) is 3.97. The molecule has 3 heterocycles. The molecule has 5 nitrogen and oxygen atoms in total. The van der Waals surface area contributed by atoms with E-state index in [9.17, 15) is 4.79 Å². The zero-order chi connectivity index (χ0) is 14.1. The molecular weight excluding hydrogens is 276 g/mol. The van der Waals surface area contributed by atoms with E-state index < -0.39 is 0 Å². The van der Waals surface area contributed by atoms with Crippen LogP contribution in [0.1, 0.15) is 17.0 Å². The summed E-state index contributed by atoms with van der Waals surface area (Å²) in [6.07, 6.45) is 4.58. The summed E-state index contributed by atoms with van der Waals surface area (Å²) in [6, 6.07) is 3.76. The van der Waals surface area contributed by atoms with Crippen LogP contribution in [0, 0.1) is 0 Å². The van der Waals surface area contributed by atoms with Gasteiger partial charge < -0.3 is 9.47 Å². The number of aromatic nitrogens is 3. The predicted octanol–water partition coefficient (Wildman–Crippen LogP) is 1.60. The summed E-state index contributed by atoms with van der Waals surface area (Å²) < 4.78 is 1.85. The van der Waals surface area contributed by atoms with Crippen molar-refractivity contribution in [2.75, 3.05) is 6.54 Å². The van der Waals surface area contributed by atoms with Gasteiger partial charge in [-0.05, 0) is 23.2 Å². The lowest BCUT2D eigenvalue weighted by Crippen LogP contribution is -2.37. The van der Waals surface area contributed by atoms with Crippen molar-refractivity contribution in [2.24, 2.45) is 7.05 Å². The number of amides is 1. The SMILES string of the molecule is Cn1c(Cl)nc2c1CN(C(=O)Cc1cccnc1)CC2. The molecule has 0 aliphatic carbocycles. The lowest BCUT2D eigenvalue weighted by Gasteiger charge is -2.27. The minimum Gasteiger partial charge on any atom is -0.336 e. The van der Waals surface area contributed by atoms with Crippen molar-refractivity contribution < 1.29 is 4.79 Å². The van der Waals surface area contributed by atoms with Crippen LogP contribution < -0.4 is 0 Å². The van der Waals surface area contributed by atoms with Gasteiger partial charge in [0.25, 0.3) is 0 Å². The Balaban J connectivity index is 1.73. The molecule has 0 spiro atoms. The van der Waals surface area contributed by atoms with Crippen LogP contribution >= 0.6 is 11.6 Å². The lowest BCUT2D eigenvalue weighted by atomic mass is 10.1. The molecule has 1 amide bonds. The number of rotatable bonds is 2. The summed E-state index contributed by atoms with van der Waals surface area (Å²) in [5.74, 6) is 0.112. The Kier molecular flexibility index (Phi) is 3.44. The van der Waals surface area contributed by atoms with Crippen LogP contribution in [0.2, 0.25) is 5.28 Å². The minimum atomic E-state index is 0.112. The zero-order valence-corrected chi connectivity index (χ0v) is 12.0. The van der Waals surface area contributed by atoms with Gasteiger partial charge in [0.05, 0.1) is 24.4 Å². The summed E-state index contributed by atoms with van der Waals surface area (Å²) in [6.45, 7) is 1.27. The molecule has 0 atom stereocenters. The van der Waals surface area contributed by atoms with Crippen molar-refractivity contribution in [3.05, 3.63) is 46.8 Å². The topological polar surface area (TPSA) is 51.0 Å². The van der Waals surface area contributed by atoms with E-state index in [-0.39, 0.29) is 5.91 Å².